The van der Waals surface area contributed by atoms with Crippen LogP contribution in [0.3, 0.4) is 0 Å². The van der Waals surface area contributed by atoms with E-state index in [1.165, 1.54) is 13.2 Å². The van der Waals surface area contributed by atoms with Gasteiger partial charge < -0.3 is 25.4 Å². The second-order valence-electron chi connectivity index (χ2n) is 5.49. The molecule has 0 heterocycles. The summed E-state index contributed by atoms with van der Waals surface area (Å²) in [6.45, 7) is 2.01. The Morgan fingerprint density at radius 3 is 2.25 bits per heavy atom. The van der Waals surface area contributed by atoms with Gasteiger partial charge in [0.1, 0.15) is 11.5 Å². The number of anilines is 2. The fourth-order valence-corrected chi connectivity index (χ4v) is 2.44. The molecule has 0 saturated heterocycles. The topological polar surface area (TPSA) is 106 Å². The molecule has 0 atom stereocenters. The molecule has 3 amide bonds. The van der Waals surface area contributed by atoms with Crippen LogP contribution in [0.4, 0.5) is 11.4 Å². The lowest BCUT2D eigenvalue weighted by molar-refractivity contribution is -0.136. The maximum atomic E-state index is 11.9. The molecule has 2 aromatic carbocycles. The monoisotopic (exact) mass is 405 g/mol. The van der Waals surface area contributed by atoms with Crippen molar-refractivity contribution in [3.05, 3.63) is 47.5 Å². The van der Waals surface area contributed by atoms with Gasteiger partial charge in [0.2, 0.25) is 5.91 Å². The first kappa shape index (κ1) is 21.0. The molecule has 2 aromatic rings. The molecule has 0 fully saturated rings. The smallest absolute Gasteiger partial charge is 0.313 e. The highest BCUT2D eigenvalue weighted by Crippen LogP contribution is 2.27. The van der Waals surface area contributed by atoms with Gasteiger partial charge in [-0.05, 0) is 49.4 Å². The number of amides is 3. The van der Waals surface area contributed by atoms with Crippen molar-refractivity contribution in [1.29, 1.82) is 0 Å². The lowest BCUT2D eigenvalue weighted by Gasteiger charge is -2.09. The maximum absolute atomic E-state index is 11.9. The van der Waals surface area contributed by atoms with Gasteiger partial charge in [0.25, 0.3) is 0 Å². The lowest BCUT2D eigenvalue weighted by Crippen LogP contribution is -2.39. The van der Waals surface area contributed by atoms with Crippen molar-refractivity contribution in [2.24, 2.45) is 0 Å². The van der Waals surface area contributed by atoms with E-state index < -0.39 is 17.7 Å². The lowest BCUT2D eigenvalue weighted by atomic mass is 10.3. The fourth-order valence-electron chi connectivity index (χ4n) is 2.18. The highest BCUT2D eigenvalue weighted by molar-refractivity contribution is 6.40. The van der Waals surface area contributed by atoms with E-state index in [0.29, 0.717) is 34.5 Å². The van der Waals surface area contributed by atoms with E-state index in [0.717, 1.165) is 0 Å². The van der Waals surface area contributed by atoms with Gasteiger partial charge in [-0.1, -0.05) is 11.6 Å². The van der Waals surface area contributed by atoms with Crippen LogP contribution < -0.4 is 25.4 Å². The molecule has 9 heteroatoms. The van der Waals surface area contributed by atoms with Crippen LogP contribution in [0.25, 0.3) is 0 Å². The Labute approximate surface area is 167 Å². The van der Waals surface area contributed by atoms with Crippen molar-refractivity contribution >= 4 is 40.7 Å². The third-order valence-electron chi connectivity index (χ3n) is 3.47. The Morgan fingerprint density at radius 2 is 1.64 bits per heavy atom. The van der Waals surface area contributed by atoms with E-state index in [1.807, 2.05) is 6.92 Å². The second-order valence-corrected chi connectivity index (χ2v) is 5.90. The van der Waals surface area contributed by atoms with Crippen molar-refractivity contribution < 1.29 is 23.9 Å². The first-order chi connectivity index (χ1) is 13.4. The average Bonchev–Trinajstić information content (AvgIpc) is 2.68. The molecule has 8 nitrogen and oxygen atoms in total. The minimum atomic E-state index is -0.934. The van der Waals surface area contributed by atoms with Gasteiger partial charge in [0.15, 0.2) is 0 Å². The van der Waals surface area contributed by atoms with E-state index in [1.54, 1.807) is 36.4 Å². The number of hydrogen-bond donors (Lipinski definition) is 3. The molecule has 0 aliphatic carbocycles. The number of benzene rings is 2. The summed E-state index contributed by atoms with van der Waals surface area (Å²) in [5.74, 6) is -1.20. The molecule has 0 aromatic heterocycles. The highest BCUT2D eigenvalue weighted by Gasteiger charge is 2.15. The zero-order valence-electron chi connectivity index (χ0n) is 15.4. The van der Waals surface area contributed by atoms with Gasteiger partial charge in [0.05, 0.1) is 25.3 Å². The van der Waals surface area contributed by atoms with Crippen LogP contribution in [0.2, 0.25) is 5.02 Å². The maximum Gasteiger partial charge on any atom is 0.313 e. The molecule has 2 rings (SSSR count). The van der Waals surface area contributed by atoms with E-state index in [2.05, 4.69) is 16.0 Å². The van der Waals surface area contributed by atoms with Crippen LogP contribution in [-0.2, 0) is 14.4 Å². The van der Waals surface area contributed by atoms with Gasteiger partial charge in [-0.15, -0.1) is 0 Å². The summed E-state index contributed by atoms with van der Waals surface area (Å²) in [6, 6.07) is 11.3. The molecule has 0 spiro atoms. The van der Waals surface area contributed by atoms with Crippen LogP contribution in [0, 0.1) is 0 Å². The fraction of sp³-hybridized carbons (Fsp3) is 0.211. The molecular weight excluding hydrogens is 386 g/mol. The molecule has 3 N–H and O–H groups in total. The van der Waals surface area contributed by atoms with Crippen LogP contribution in [0.5, 0.6) is 11.5 Å². The summed E-state index contributed by atoms with van der Waals surface area (Å²) in [6.07, 6.45) is 0. The van der Waals surface area contributed by atoms with Crippen molar-refractivity contribution in [2.75, 3.05) is 30.9 Å². The van der Waals surface area contributed by atoms with Crippen LogP contribution in [0.1, 0.15) is 6.92 Å². The van der Waals surface area contributed by atoms with E-state index >= 15 is 0 Å². The van der Waals surface area contributed by atoms with E-state index in [9.17, 15) is 14.4 Å². The number of halogens is 1. The first-order valence-corrected chi connectivity index (χ1v) is 8.76. The summed E-state index contributed by atoms with van der Waals surface area (Å²) >= 11 is 5.98. The Morgan fingerprint density at radius 1 is 0.964 bits per heavy atom. The Kier molecular flexibility index (Phi) is 7.65. The first-order valence-electron chi connectivity index (χ1n) is 8.38. The van der Waals surface area contributed by atoms with Gasteiger partial charge in [-0.2, -0.15) is 0 Å². The third-order valence-corrected chi connectivity index (χ3v) is 3.77. The summed E-state index contributed by atoms with van der Waals surface area (Å²) in [4.78, 5) is 35.7. The average molecular weight is 406 g/mol. The van der Waals surface area contributed by atoms with Gasteiger partial charge in [-0.3, -0.25) is 14.4 Å². The third kappa shape index (κ3) is 6.17. The molecule has 0 bridgehead atoms. The second kappa shape index (κ2) is 10.2. The molecule has 28 heavy (non-hydrogen) atoms. The van der Waals surface area contributed by atoms with Crippen LogP contribution in [-0.4, -0.2) is 38.0 Å². The zero-order valence-corrected chi connectivity index (χ0v) is 16.1. The van der Waals surface area contributed by atoms with E-state index in [-0.39, 0.29) is 6.54 Å². The summed E-state index contributed by atoms with van der Waals surface area (Å²) in [5.41, 5.74) is 0.866. The zero-order chi connectivity index (χ0) is 20.5. The molecule has 0 aliphatic rings. The summed E-state index contributed by atoms with van der Waals surface area (Å²) in [7, 11) is 1.48. The quantitative estimate of drug-likeness (QED) is 0.613. The number of hydrogen-bond acceptors (Lipinski definition) is 5. The number of nitrogens with one attached hydrogen (secondary N) is 3. The molecule has 0 saturated carbocycles. The van der Waals surface area contributed by atoms with Gasteiger partial charge in [-0.25, -0.2) is 0 Å². The molecular formula is C19H20ClN3O5. The SMILES string of the molecule is CCOc1ccc(NC(=O)C(=O)NCC(=O)Nc2ccc(OC)c(Cl)c2)cc1. The number of rotatable bonds is 7. The molecule has 0 radical (unpaired) electrons. The van der Waals surface area contributed by atoms with Gasteiger partial charge in [0, 0.05) is 11.4 Å². The molecule has 0 unspecified atom stereocenters. The van der Waals surface area contributed by atoms with Crippen LogP contribution >= 0.6 is 11.6 Å². The summed E-state index contributed by atoms with van der Waals surface area (Å²) in [5, 5.41) is 7.57. The Balaban J connectivity index is 1.81. The Bertz CT molecular complexity index is 855. The van der Waals surface area contributed by atoms with Crippen molar-refractivity contribution in [2.45, 2.75) is 6.92 Å². The van der Waals surface area contributed by atoms with Crippen LogP contribution in [0.15, 0.2) is 42.5 Å². The number of methoxy groups -OCH3 is 1. The normalized spacial score (nSPS) is 9.96. The van der Waals surface area contributed by atoms with Gasteiger partial charge >= 0.3 is 11.8 Å². The molecule has 148 valence electrons. The number of carbonyl (C=O) groups excluding carboxylic acids is 3. The highest BCUT2D eigenvalue weighted by atomic mass is 35.5. The minimum absolute atomic E-state index is 0.332. The predicted molar refractivity (Wildman–Crippen MR) is 106 cm³/mol. The number of ether oxygens (including phenoxy) is 2. The Hall–Kier alpha value is -3.26. The van der Waals surface area contributed by atoms with Crippen molar-refractivity contribution in [3.63, 3.8) is 0 Å². The minimum Gasteiger partial charge on any atom is -0.495 e. The predicted octanol–water partition coefficient (Wildman–Crippen LogP) is 2.44. The van der Waals surface area contributed by atoms with Crippen molar-refractivity contribution in [3.8, 4) is 11.5 Å². The standard InChI is InChI=1S/C19H20ClN3O5/c1-3-28-14-7-4-12(5-8-14)23-19(26)18(25)21-11-17(24)22-13-6-9-16(27-2)15(20)10-13/h4-10H,3,11H2,1-2H3,(H,21,25)(H,22,24)(H,23,26). The summed E-state index contributed by atoms with van der Waals surface area (Å²) < 4.78 is 10.3. The largest absolute Gasteiger partial charge is 0.495 e. The molecule has 0 aliphatic heterocycles. The number of carbonyl (C=O) groups is 3. The van der Waals surface area contributed by atoms with E-state index in [4.69, 9.17) is 21.1 Å². The van der Waals surface area contributed by atoms with Crippen molar-refractivity contribution in [1.82, 2.24) is 5.32 Å².